The maximum absolute atomic E-state index is 12.3. The second-order valence-corrected chi connectivity index (χ2v) is 6.96. The number of sulfonamides is 1. The number of nitrogens with one attached hydrogen (secondary N) is 2. The number of hydrogen-bond donors (Lipinski definition) is 3. The molecule has 0 radical (unpaired) electrons. The van der Waals surface area contributed by atoms with Crippen molar-refractivity contribution in [1.29, 1.82) is 0 Å². The summed E-state index contributed by atoms with van der Waals surface area (Å²) >= 11 is 0. The van der Waals surface area contributed by atoms with Crippen LogP contribution in [0.2, 0.25) is 0 Å². The zero-order valence-electron chi connectivity index (χ0n) is 13.2. The first-order valence-electron chi connectivity index (χ1n) is 7.44. The van der Waals surface area contributed by atoms with Gasteiger partial charge in [0.2, 0.25) is 10.0 Å². The number of aliphatic carboxylic acids is 1. The van der Waals surface area contributed by atoms with Crippen LogP contribution in [0.3, 0.4) is 0 Å². The summed E-state index contributed by atoms with van der Waals surface area (Å²) < 4.78 is 26.1. The Morgan fingerprint density at radius 1 is 1.17 bits per heavy atom. The molecule has 3 N–H and O–H groups in total. The quantitative estimate of drug-likeness (QED) is 0.633. The Bertz CT molecular complexity index is 658. The zero-order chi connectivity index (χ0) is 17.5. The Kier molecular flexibility index (Phi) is 7.02. The summed E-state index contributed by atoms with van der Waals surface area (Å²) in [5.74, 6) is -1.80. The van der Waals surface area contributed by atoms with Crippen molar-refractivity contribution in [2.24, 2.45) is 0 Å². The first-order valence-corrected chi connectivity index (χ1v) is 9.09. The van der Waals surface area contributed by atoms with Gasteiger partial charge in [0.1, 0.15) is 6.04 Å². The molecule has 0 bridgehead atoms. The van der Waals surface area contributed by atoms with Crippen molar-refractivity contribution in [3.63, 3.8) is 0 Å². The van der Waals surface area contributed by atoms with Crippen LogP contribution >= 0.6 is 0 Å². The van der Waals surface area contributed by atoms with E-state index in [-0.39, 0.29) is 17.0 Å². The molecule has 1 unspecified atom stereocenters. The predicted molar refractivity (Wildman–Crippen MR) is 87.9 cm³/mol. The van der Waals surface area contributed by atoms with Gasteiger partial charge in [-0.3, -0.25) is 9.52 Å². The van der Waals surface area contributed by atoms with Gasteiger partial charge in [-0.15, -0.1) is 0 Å². The highest BCUT2D eigenvalue weighted by molar-refractivity contribution is 7.92. The number of carbonyl (C=O) groups excluding carboxylic acids is 1. The van der Waals surface area contributed by atoms with Gasteiger partial charge in [0.25, 0.3) is 5.91 Å². The SMILES string of the molecule is CCCC(NC(=O)c1ccccc1NS(=O)(=O)CCC)C(=O)O. The minimum atomic E-state index is -3.54. The molecule has 8 heteroatoms. The van der Waals surface area contributed by atoms with Gasteiger partial charge in [-0.1, -0.05) is 32.4 Å². The van der Waals surface area contributed by atoms with E-state index in [9.17, 15) is 18.0 Å². The fourth-order valence-corrected chi connectivity index (χ4v) is 3.19. The van der Waals surface area contributed by atoms with Gasteiger partial charge in [0, 0.05) is 0 Å². The maximum Gasteiger partial charge on any atom is 0.326 e. The zero-order valence-corrected chi connectivity index (χ0v) is 14.0. The molecule has 1 atom stereocenters. The maximum atomic E-state index is 12.3. The van der Waals surface area contributed by atoms with Crippen LogP contribution in [-0.2, 0) is 14.8 Å². The van der Waals surface area contributed by atoms with Crippen LogP contribution in [0.4, 0.5) is 5.69 Å². The van der Waals surface area contributed by atoms with Crippen molar-refractivity contribution in [3.8, 4) is 0 Å². The Hall–Kier alpha value is -2.09. The number of amides is 1. The lowest BCUT2D eigenvalue weighted by Gasteiger charge is -2.16. The number of benzene rings is 1. The first-order chi connectivity index (χ1) is 10.8. The van der Waals surface area contributed by atoms with Gasteiger partial charge in [-0.25, -0.2) is 13.2 Å². The second kappa shape index (κ2) is 8.52. The molecule has 1 aromatic carbocycles. The van der Waals surface area contributed by atoms with E-state index < -0.39 is 27.9 Å². The minimum Gasteiger partial charge on any atom is -0.480 e. The molecule has 0 aliphatic carbocycles. The summed E-state index contributed by atoms with van der Waals surface area (Å²) in [4.78, 5) is 23.4. The number of carboxylic acids is 1. The standard InChI is InChI=1S/C15H22N2O5S/c1-3-7-13(15(19)20)16-14(18)11-8-5-6-9-12(11)17-23(21,22)10-4-2/h5-6,8-9,13,17H,3-4,7,10H2,1-2H3,(H,16,18)(H,19,20). The molecule has 0 aromatic heterocycles. The molecule has 1 amide bonds. The van der Waals surface area contributed by atoms with E-state index in [0.29, 0.717) is 19.3 Å². The Labute approximate surface area is 136 Å². The van der Waals surface area contributed by atoms with Crippen LogP contribution in [0, 0.1) is 0 Å². The monoisotopic (exact) mass is 342 g/mol. The van der Waals surface area contributed by atoms with Crippen molar-refractivity contribution in [2.45, 2.75) is 39.2 Å². The highest BCUT2D eigenvalue weighted by Crippen LogP contribution is 2.17. The van der Waals surface area contributed by atoms with Crippen LogP contribution < -0.4 is 10.0 Å². The molecule has 0 heterocycles. The number of anilines is 1. The number of carbonyl (C=O) groups is 2. The van der Waals surface area contributed by atoms with Crippen LogP contribution in [-0.4, -0.2) is 37.2 Å². The molecule has 0 aliphatic rings. The van der Waals surface area contributed by atoms with Crippen LogP contribution in [0.25, 0.3) is 0 Å². The predicted octanol–water partition coefficient (Wildman–Crippen LogP) is 1.82. The molecule has 1 aromatic rings. The molecule has 7 nitrogen and oxygen atoms in total. The molecule has 0 fully saturated rings. The molecule has 128 valence electrons. The van der Waals surface area contributed by atoms with E-state index in [4.69, 9.17) is 5.11 Å². The molecule has 0 saturated carbocycles. The van der Waals surface area contributed by atoms with Crippen molar-refractivity contribution in [2.75, 3.05) is 10.5 Å². The average Bonchev–Trinajstić information content (AvgIpc) is 2.46. The van der Waals surface area contributed by atoms with Crippen LogP contribution in [0.15, 0.2) is 24.3 Å². The lowest BCUT2D eigenvalue weighted by atomic mass is 10.1. The third kappa shape index (κ3) is 5.90. The molecule has 0 spiro atoms. The van der Waals surface area contributed by atoms with Gasteiger partial charge >= 0.3 is 5.97 Å². The average molecular weight is 342 g/mol. The number of rotatable bonds is 9. The Morgan fingerprint density at radius 3 is 2.39 bits per heavy atom. The lowest BCUT2D eigenvalue weighted by Crippen LogP contribution is -2.41. The van der Waals surface area contributed by atoms with E-state index in [1.165, 1.54) is 12.1 Å². The van der Waals surface area contributed by atoms with Crippen molar-refractivity contribution < 1.29 is 23.1 Å². The topological polar surface area (TPSA) is 113 Å². The molecule has 23 heavy (non-hydrogen) atoms. The summed E-state index contributed by atoms with van der Waals surface area (Å²) in [6.07, 6.45) is 1.34. The van der Waals surface area contributed by atoms with Crippen LogP contribution in [0.1, 0.15) is 43.5 Å². The normalized spacial score (nSPS) is 12.4. The summed E-state index contributed by atoms with van der Waals surface area (Å²) in [6, 6.07) is 5.10. The minimum absolute atomic E-state index is 0.0590. The van der Waals surface area contributed by atoms with Crippen LogP contribution in [0.5, 0.6) is 0 Å². The third-order valence-electron chi connectivity index (χ3n) is 3.09. The molecule has 0 aliphatic heterocycles. The van der Waals surface area contributed by atoms with Gasteiger partial charge in [0.15, 0.2) is 0 Å². The molecule has 0 saturated heterocycles. The largest absolute Gasteiger partial charge is 0.480 e. The van der Waals surface area contributed by atoms with Gasteiger partial charge in [0.05, 0.1) is 17.0 Å². The molecule has 1 rings (SSSR count). The summed E-state index contributed by atoms with van der Waals surface area (Å²) in [5, 5.41) is 11.5. The number of hydrogen-bond acceptors (Lipinski definition) is 4. The van der Waals surface area contributed by atoms with Gasteiger partial charge < -0.3 is 10.4 Å². The fraction of sp³-hybridized carbons (Fsp3) is 0.467. The van der Waals surface area contributed by atoms with E-state index in [1.807, 2.05) is 6.92 Å². The van der Waals surface area contributed by atoms with E-state index in [2.05, 4.69) is 10.0 Å². The number of carboxylic acid groups (broad SMARTS) is 1. The van der Waals surface area contributed by atoms with Gasteiger partial charge in [-0.05, 0) is 25.0 Å². The highest BCUT2D eigenvalue weighted by atomic mass is 32.2. The highest BCUT2D eigenvalue weighted by Gasteiger charge is 2.22. The van der Waals surface area contributed by atoms with E-state index in [1.54, 1.807) is 19.1 Å². The first kappa shape index (κ1) is 19.0. The number of para-hydroxylation sites is 1. The van der Waals surface area contributed by atoms with E-state index >= 15 is 0 Å². The van der Waals surface area contributed by atoms with E-state index in [0.717, 1.165) is 0 Å². The van der Waals surface area contributed by atoms with Crippen molar-refractivity contribution >= 4 is 27.6 Å². The summed E-state index contributed by atoms with van der Waals surface area (Å²) in [6.45, 7) is 3.55. The third-order valence-corrected chi connectivity index (χ3v) is 4.57. The van der Waals surface area contributed by atoms with Gasteiger partial charge in [-0.2, -0.15) is 0 Å². The second-order valence-electron chi connectivity index (χ2n) is 5.12. The Morgan fingerprint density at radius 2 is 1.83 bits per heavy atom. The summed E-state index contributed by atoms with van der Waals surface area (Å²) in [7, 11) is -3.54. The Balaban J connectivity index is 3.00. The smallest absolute Gasteiger partial charge is 0.326 e. The van der Waals surface area contributed by atoms with Crippen molar-refractivity contribution in [3.05, 3.63) is 29.8 Å². The molecular formula is C15H22N2O5S. The van der Waals surface area contributed by atoms with Crippen molar-refractivity contribution in [1.82, 2.24) is 5.32 Å². The molecular weight excluding hydrogens is 320 g/mol. The lowest BCUT2D eigenvalue weighted by molar-refractivity contribution is -0.139. The summed E-state index contributed by atoms with van der Waals surface area (Å²) in [5.41, 5.74) is 0.230. The fourth-order valence-electron chi connectivity index (χ4n) is 2.04.